The molecule has 0 aromatic rings. The van der Waals surface area contributed by atoms with E-state index in [1.165, 1.54) is 17.7 Å². The minimum Gasteiger partial charge on any atom is -0.481 e. The zero-order chi connectivity index (χ0) is 17.9. The van der Waals surface area contributed by atoms with Crippen LogP contribution in [0.3, 0.4) is 0 Å². The quantitative estimate of drug-likeness (QED) is 0.831. The molecule has 2 amide bonds. The number of rotatable bonds is 5. The van der Waals surface area contributed by atoms with Gasteiger partial charge in [-0.1, -0.05) is 26.7 Å². The Morgan fingerprint density at radius 2 is 1.75 bits per heavy atom. The number of likely N-dealkylation sites (N-methyl/N-ethyl adjacent to an activating group) is 1. The lowest BCUT2D eigenvalue weighted by atomic mass is 9.76. The Labute approximate surface area is 144 Å². The molecule has 0 bridgehead atoms. The fourth-order valence-electron chi connectivity index (χ4n) is 4.09. The first kappa shape index (κ1) is 18.7. The molecule has 6 heteroatoms. The summed E-state index contributed by atoms with van der Waals surface area (Å²) >= 11 is 0. The Morgan fingerprint density at radius 3 is 2.33 bits per heavy atom. The molecule has 1 unspecified atom stereocenters. The fraction of sp³-hybridized carbons (Fsp3) is 0.833. The van der Waals surface area contributed by atoms with Crippen molar-refractivity contribution in [1.29, 1.82) is 0 Å². The summed E-state index contributed by atoms with van der Waals surface area (Å²) in [6.07, 6.45) is 5.82. The molecule has 1 aliphatic carbocycles. The minimum absolute atomic E-state index is 0.00884. The number of hydrogen-bond donors (Lipinski definition) is 1. The number of piperidine rings is 1. The summed E-state index contributed by atoms with van der Waals surface area (Å²) in [5.41, 5.74) is -0.447. The summed E-state index contributed by atoms with van der Waals surface area (Å²) in [5.74, 6) is -1.10. The number of carboxylic acids is 1. The van der Waals surface area contributed by atoms with E-state index in [9.17, 15) is 14.4 Å². The molecule has 2 aliphatic rings. The summed E-state index contributed by atoms with van der Waals surface area (Å²) in [7, 11) is 1.68. The standard InChI is InChI=1S/C18H30N2O4/c1-18(2,14-8-4-5-9-14)17(24)19(3)12-15(21)20-10-6-7-13(11-20)16(22)23/h13-14H,4-12H2,1-3H3,(H,22,23). The van der Waals surface area contributed by atoms with Crippen molar-refractivity contribution in [2.24, 2.45) is 17.3 Å². The Hall–Kier alpha value is -1.59. The van der Waals surface area contributed by atoms with Crippen LogP contribution in [0.1, 0.15) is 52.4 Å². The van der Waals surface area contributed by atoms with Gasteiger partial charge in [-0.05, 0) is 31.6 Å². The van der Waals surface area contributed by atoms with Crippen molar-refractivity contribution in [3.05, 3.63) is 0 Å². The van der Waals surface area contributed by atoms with Gasteiger partial charge in [0.05, 0.1) is 12.5 Å². The molecule has 1 N–H and O–H groups in total. The van der Waals surface area contributed by atoms with E-state index in [0.717, 1.165) is 12.8 Å². The lowest BCUT2D eigenvalue weighted by Crippen LogP contribution is -2.49. The largest absolute Gasteiger partial charge is 0.481 e. The molecule has 1 saturated carbocycles. The monoisotopic (exact) mass is 338 g/mol. The van der Waals surface area contributed by atoms with E-state index in [1.54, 1.807) is 11.9 Å². The summed E-state index contributed by atoms with van der Waals surface area (Å²) in [4.78, 5) is 39.5. The predicted octanol–water partition coefficient (Wildman–Crippen LogP) is 1.98. The molecule has 6 nitrogen and oxygen atoms in total. The normalized spacial score (nSPS) is 22.5. The van der Waals surface area contributed by atoms with Gasteiger partial charge in [0.2, 0.25) is 11.8 Å². The molecule has 136 valence electrons. The van der Waals surface area contributed by atoms with Gasteiger partial charge in [0.15, 0.2) is 0 Å². The molecule has 24 heavy (non-hydrogen) atoms. The third-order valence-electron chi connectivity index (χ3n) is 5.77. The molecule has 1 atom stereocenters. The second-order valence-corrected chi connectivity index (χ2v) is 7.88. The van der Waals surface area contributed by atoms with Gasteiger partial charge in [0.1, 0.15) is 0 Å². The van der Waals surface area contributed by atoms with Gasteiger partial charge < -0.3 is 14.9 Å². The fourth-order valence-corrected chi connectivity index (χ4v) is 4.09. The van der Waals surface area contributed by atoms with Crippen molar-refractivity contribution >= 4 is 17.8 Å². The molecular weight excluding hydrogens is 308 g/mol. The van der Waals surface area contributed by atoms with E-state index in [2.05, 4.69) is 0 Å². The highest BCUT2D eigenvalue weighted by atomic mass is 16.4. The van der Waals surface area contributed by atoms with Crippen molar-refractivity contribution < 1.29 is 19.5 Å². The topological polar surface area (TPSA) is 77.9 Å². The average Bonchev–Trinajstić information content (AvgIpc) is 3.09. The molecule has 0 aromatic heterocycles. The molecule has 1 saturated heterocycles. The van der Waals surface area contributed by atoms with Crippen molar-refractivity contribution in [1.82, 2.24) is 9.80 Å². The lowest BCUT2D eigenvalue weighted by Gasteiger charge is -2.36. The van der Waals surface area contributed by atoms with Crippen molar-refractivity contribution in [3.8, 4) is 0 Å². The molecule has 1 aliphatic heterocycles. The summed E-state index contributed by atoms with van der Waals surface area (Å²) < 4.78 is 0. The zero-order valence-electron chi connectivity index (χ0n) is 15.1. The molecule has 1 heterocycles. The van der Waals surface area contributed by atoms with Crippen LogP contribution in [-0.2, 0) is 14.4 Å². The Bertz CT molecular complexity index is 497. The number of carbonyl (C=O) groups excluding carboxylic acids is 2. The van der Waals surface area contributed by atoms with E-state index in [4.69, 9.17) is 5.11 Å². The molecule has 0 spiro atoms. The first-order chi connectivity index (χ1) is 11.2. The minimum atomic E-state index is -0.848. The number of amides is 2. The van der Waals surface area contributed by atoms with Crippen LogP contribution in [0.15, 0.2) is 0 Å². The van der Waals surface area contributed by atoms with Crippen LogP contribution in [-0.4, -0.2) is 59.4 Å². The number of aliphatic carboxylic acids is 1. The second-order valence-electron chi connectivity index (χ2n) is 7.88. The highest BCUT2D eigenvalue weighted by molar-refractivity contribution is 5.88. The average molecular weight is 338 g/mol. The van der Waals surface area contributed by atoms with E-state index in [1.807, 2.05) is 13.8 Å². The maximum atomic E-state index is 12.8. The van der Waals surface area contributed by atoms with Gasteiger partial charge in [-0.25, -0.2) is 0 Å². The van der Waals surface area contributed by atoms with Crippen LogP contribution in [0.2, 0.25) is 0 Å². The molecule has 0 radical (unpaired) electrons. The summed E-state index contributed by atoms with van der Waals surface area (Å²) in [5, 5.41) is 9.13. The maximum Gasteiger partial charge on any atom is 0.308 e. The summed E-state index contributed by atoms with van der Waals surface area (Å²) in [6, 6.07) is 0. The van der Waals surface area contributed by atoms with Gasteiger partial charge in [0.25, 0.3) is 0 Å². The van der Waals surface area contributed by atoms with Gasteiger partial charge in [-0.15, -0.1) is 0 Å². The van der Waals surface area contributed by atoms with Crippen LogP contribution in [0.5, 0.6) is 0 Å². The van der Waals surface area contributed by atoms with E-state index in [0.29, 0.717) is 25.3 Å². The van der Waals surface area contributed by atoms with Crippen molar-refractivity contribution in [2.45, 2.75) is 52.4 Å². The van der Waals surface area contributed by atoms with E-state index < -0.39 is 17.3 Å². The van der Waals surface area contributed by atoms with E-state index in [-0.39, 0.29) is 24.9 Å². The molecule has 2 rings (SSSR count). The van der Waals surface area contributed by atoms with Gasteiger partial charge in [-0.2, -0.15) is 0 Å². The zero-order valence-corrected chi connectivity index (χ0v) is 15.1. The highest BCUT2D eigenvalue weighted by Crippen LogP contribution is 2.40. The number of carboxylic acid groups (broad SMARTS) is 1. The van der Waals surface area contributed by atoms with Crippen LogP contribution in [0, 0.1) is 17.3 Å². The third kappa shape index (κ3) is 4.08. The van der Waals surface area contributed by atoms with Crippen LogP contribution < -0.4 is 0 Å². The predicted molar refractivity (Wildman–Crippen MR) is 90.3 cm³/mol. The second kappa shape index (κ2) is 7.53. The number of nitrogens with zero attached hydrogens (tertiary/aromatic N) is 2. The van der Waals surface area contributed by atoms with E-state index >= 15 is 0 Å². The lowest BCUT2D eigenvalue weighted by molar-refractivity contribution is -0.150. The highest BCUT2D eigenvalue weighted by Gasteiger charge is 2.40. The number of carbonyl (C=O) groups is 3. The summed E-state index contributed by atoms with van der Waals surface area (Å²) in [6.45, 7) is 4.82. The SMILES string of the molecule is CN(CC(=O)N1CCCC(C(=O)O)C1)C(=O)C(C)(C)C1CCCC1. The van der Waals surface area contributed by atoms with Gasteiger partial charge >= 0.3 is 5.97 Å². The number of hydrogen-bond acceptors (Lipinski definition) is 3. The molecule has 0 aromatic carbocycles. The van der Waals surface area contributed by atoms with Gasteiger partial charge in [-0.3, -0.25) is 14.4 Å². The van der Waals surface area contributed by atoms with Crippen molar-refractivity contribution in [2.75, 3.05) is 26.7 Å². The number of likely N-dealkylation sites (tertiary alicyclic amines) is 1. The van der Waals surface area contributed by atoms with Crippen LogP contribution in [0.25, 0.3) is 0 Å². The Kier molecular flexibility index (Phi) is 5.88. The van der Waals surface area contributed by atoms with Crippen LogP contribution in [0.4, 0.5) is 0 Å². The third-order valence-corrected chi connectivity index (χ3v) is 5.77. The first-order valence-electron chi connectivity index (χ1n) is 8.99. The Balaban J connectivity index is 1.92. The Morgan fingerprint density at radius 1 is 1.12 bits per heavy atom. The molecule has 2 fully saturated rings. The van der Waals surface area contributed by atoms with Crippen LogP contribution >= 0.6 is 0 Å². The smallest absolute Gasteiger partial charge is 0.308 e. The van der Waals surface area contributed by atoms with Gasteiger partial charge in [0, 0.05) is 25.6 Å². The van der Waals surface area contributed by atoms with Crippen molar-refractivity contribution in [3.63, 3.8) is 0 Å². The molecular formula is C18H30N2O4. The maximum absolute atomic E-state index is 12.8. The first-order valence-corrected chi connectivity index (χ1v) is 8.99.